The zero-order valence-corrected chi connectivity index (χ0v) is 27.2. The maximum Gasteiger partial charge on any atom is 0.241 e. The second-order valence-electron chi connectivity index (χ2n) is 13.4. The number of hydrogen-bond acceptors (Lipinski definition) is 8. The van der Waals surface area contributed by atoms with E-state index in [-0.39, 0.29) is 35.1 Å². The molecule has 11 heteroatoms. The Morgan fingerprint density at radius 3 is 2.52 bits per heavy atom. The number of methoxy groups -OCH3 is 1. The van der Waals surface area contributed by atoms with Gasteiger partial charge in [-0.05, 0) is 37.0 Å². The highest BCUT2D eigenvalue weighted by molar-refractivity contribution is 6.74. The molecule has 2 aliphatic heterocycles. The van der Waals surface area contributed by atoms with E-state index >= 15 is 0 Å². The van der Waals surface area contributed by atoms with Crippen molar-refractivity contribution < 1.29 is 23.4 Å². The maximum absolute atomic E-state index is 6.71. The molecule has 2 radical (unpaired) electrons. The van der Waals surface area contributed by atoms with Crippen LogP contribution in [0, 0.1) is 0 Å². The summed E-state index contributed by atoms with van der Waals surface area (Å²) >= 11 is 0. The quantitative estimate of drug-likeness (QED) is 0.292. The van der Waals surface area contributed by atoms with Crippen LogP contribution in [0.15, 0.2) is 42.9 Å². The molecule has 2 fully saturated rings. The Morgan fingerprint density at radius 1 is 1.14 bits per heavy atom. The average Bonchev–Trinajstić information content (AvgIpc) is 3.56. The first-order chi connectivity index (χ1) is 19.8. The number of nitrogens with zero attached hydrogens (tertiary/aromatic N) is 3. The van der Waals surface area contributed by atoms with Crippen molar-refractivity contribution in [2.75, 3.05) is 13.7 Å². The van der Waals surface area contributed by atoms with Gasteiger partial charge in [0.05, 0.1) is 40.3 Å². The van der Waals surface area contributed by atoms with Gasteiger partial charge < -0.3 is 33.3 Å². The van der Waals surface area contributed by atoms with Crippen molar-refractivity contribution in [3.63, 3.8) is 0 Å². The van der Waals surface area contributed by atoms with Gasteiger partial charge in [-0.2, -0.15) is 4.98 Å². The Hall–Kier alpha value is -2.28. The molecule has 4 heterocycles. The summed E-state index contributed by atoms with van der Waals surface area (Å²) in [7, 11) is 5.84. The standard InChI is InChI=1S/C31H45BN4O5Si/c1-20(32)14-31(5)40-27-23(17-39-42(7,8)30(2,3)4)35-25(28(27)41-31)22-15-36(19-38-16-21-12-10-9-11-13-21)26-24(22)33-18-34-29(26)37-6/h9-13,15,18,20,23,25,27-28,35H,14,16-17,19H2,1-8H3. The molecule has 0 bridgehead atoms. The minimum absolute atomic E-state index is 0.0668. The minimum Gasteiger partial charge on any atom is -0.479 e. The second-order valence-corrected chi connectivity index (χ2v) is 18.2. The zero-order chi connectivity index (χ0) is 30.3. The largest absolute Gasteiger partial charge is 0.479 e. The molecule has 0 spiro atoms. The number of ether oxygens (including phenoxy) is 4. The lowest BCUT2D eigenvalue weighted by molar-refractivity contribution is -0.176. The normalized spacial score (nSPS) is 27.0. The predicted octanol–water partition coefficient (Wildman–Crippen LogP) is 5.52. The summed E-state index contributed by atoms with van der Waals surface area (Å²) in [5, 5.41) is 3.91. The summed E-state index contributed by atoms with van der Waals surface area (Å²) in [6.45, 7) is 16.6. The highest BCUT2D eigenvalue weighted by Gasteiger charge is 2.56. The third-order valence-electron chi connectivity index (χ3n) is 8.85. The van der Waals surface area contributed by atoms with Crippen molar-refractivity contribution in [2.45, 2.75) is 108 Å². The number of hydrogen-bond donors (Lipinski definition) is 1. The topological polar surface area (TPSA) is 88.9 Å². The predicted molar refractivity (Wildman–Crippen MR) is 166 cm³/mol. The first-order valence-corrected chi connectivity index (χ1v) is 17.7. The highest BCUT2D eigenvalue weighted by atomic mass is 28.4. The van der Waals surface area contributed by atoms with Crippen molar-refractivity contribution in [1.29, 1.82) is 0 Å². The lowest BCUT2D eigenvalue weighted by Crippen LogP contribution is -2.47. The van der Waals surface area contributed by atoms with Crippen molar-refractivity contribution in [3.8, 4) is 5.88 Å². The Morgan fingerprint density at radius 2 is 1.86 bits per heavy atom. The molecule has 2 aromatic heterocycles. The van der Waals surface area contributed by atoms with Crippen LogP contribution in [0.5, 0.6) is 5.88 Å². The summed E-state index contributed by atoms with van der Waals surface area (Å²) in [6, 6.07) is 9.85. The van der Waals surface area contributed by atoms with Gasteiger partial charge in [0.1, 0.15) is 36.3 Å². The Balaban J connectivity index is 1.47. The fourth-order valence-electron chi connectivity index (χ4n) is 5.77. The van der Waals surface area contributed by atoms with E-state index in [4.69, 9.17) is 36.2 Å². The molecule has 42 heavy (non-hydrogen) atoms. The van der Waals surface area contributed by atoms with Gasteiger partial charge in [0.15, 0.2) is 14.1 Å². The van der Waals surface area contributed by atoms with Crippen molar-refractivity contribution in [2.24, 2.45) is 0 Å². The molecule has 0 amide bonds. The number of nitrogens with one attached hydrogen (secondary N) is 1. The molecule has 1 N–H and O–H groups in total. The maximum atomic E-state index is 6.71. The van der Waals surface area contributed by atoms with Crippen LogP contribution >= 0.6 is 0 Å². The molecule has 0 saturated carbocycles. The zero-order valence-electron chi connectivity index (χ0n) is 26.2. The van der Waals surface area contributed by atoms with Crippen LogP contribution in [0.3, 0.4) is 0 Å². The van der Waals surface area contributed by atoms with E-state index in [0.717, 1.165) is 22.2 Å². The van der Waals surface area contributed by atoms with Crippen LogP contribution in [0.4, 0.5) is 0 Å². The van der Waals surface area contributed by atoms with E-state index in [1.54, 1.807) is 7.11 Å². The second kappa shape index (κ2) is 12.0. The summed E-state index contributed by atoms with van der Waals surface area (Å²) in [5.74, 6) is -0.363. The minimum atomic E-state index is -1.99. The molecule has 1 aromatic carbocycles. The van der Waals surface area contributed by atoms with Gasteiger partial charge in [0, 0.05) is 11.8 Å². The van der Waals surface area contributed by atoms with E-state index in [2.05, 4.69) is 50.4 Å². The molecule has 6 unspecified atom stereocenters. The van der Waals surface area contributed by atoms with Crippen LogP contribution in [-0.4, -0.2) is 68.5 Å². The molecular formula is C31H45BN4O5Si. The Bertz CT molecular complexity index is 1360. The average molecular weight is 593 g/mol. The number of fused-ring (bicyclic) bond motifs is 2. The first kappa shape index (κ1) is 31.2. The third kappa shape index (κ3) is 6.32. The molecule has 6 atom stereocenters. The van der Waals surface area contributed by atoms with Crippen molar-refractivity contribution in [1.82, 2.24) is 19.9 Å². The van der Waals surface area contributed by atoms with E-state index in [9.17, 15) is 0 Å². The molecular weight excluding hydrogens is 547 g/mol. The van der Waals surface area contributed by atoms with E-state index in [0.29, 0.717) is 32.2 Å². The van der Waals surface area contributed by atoms with Gasteiger partial charge in [0.25, 0.3) is 0 Å². The monoisotopic (exact) mass is 592 g/mol. The van der Waals surface area contributed by atoms with E-state index in [1.807, 2.05) is 48.7 Å². The van der Waals surface area contributed by atoms with Gasteiger partial charge in [-0.25, -0.2) is 4.98 Å². The smallest absolute Gasteiger partial charge is 0.241 e. The summed E-state index contributed by atoms with van der Waals surface area (Å²) in [5.41, 5.74) is 3.65. The molecule has 2 aliphatic rings. The van der Waals surface area contributed by atoms with E-state index in [1.165, 1.54) is 6.33 Å². The first-order valence-electron chi connectivity index (χ1n) is 14.8. The molecule has 3 aromatic rings. The lowest BCUT2D eigenvalue weighted by atomic mass is 9.84. The van der Waals surface area contributed by atoms with Crippen molar-refractivity contribution in [3.05, 3.63) is 54.0 Å². The summed E-state index contributed by atoms with van der Waals surface area (Å²) < 4.78 is 33.9. The number of rotatable bonds is 11. The molecule has 226 valence electrons. The van der Waals surface area contributed by atoms with Gasteiger partial charge >= 0.3 is 0 Å². The number of aromatic nitrogens is 3. The summed E-state index contributed by atoms with van der Waals surface area (Å²) in [6.07, 6.45) is 3.74. The van der Waals surface area contributed by atoms with Gasteiger partial charge in [0.2, 0.25) is 5.88 Å². The fraction of sp³-hybridized carbons (Fsp3) is 0.613. The number of benzene rings is 1. The Labute approximate surface area is 252 Å². The van der Waals surface area contributed by atoms with Crippen LogP contribution in [0.1, 0.15) is 58.2 Å². The van der Waals surface area contributed by atoms with Crippen molar-refractivity contribution >= 4 is 27.2 Å². The van der Waals surface area contributed by atoms with Crippen LogP contribution in [-0.2, 0) is 32.0 Å². The van der Waals surface area contributed by atoms with Gasteiger partial charge in [-0.15, -0.1) is 0 Å². The molecule has 5 rings (SSSR count). The highest BCUT2D eigenvalue weighted by Crippen LogP contribution is 2.46. The SMILES string of the molecule is [B]C(C)CC1(C)OC2C(CO[Si](C)(C)C(C)(C)C)NC(c3cn(COCc4ccccc4)c4c(OC)ncnc34)C2O1. The molecule has 9 nitrogen and oxygen atoms in total. The van der Waals surface area contributed by atoms with Gasteiger partial charge in [-0.1, -0.05) is 63.8 Å². The van der Waals surface area contributed by atoms with E-state index < -0.39 is 14.1 Å². The van der Waals surface area contributed by atoms with Crippen LogP contribution in [0.25, 0.3) is 11.0 Å². The molecule has 2 saturated heterocycles. The molecule has 0 aliphatic carbocycles. The third-order valence-corrected chi connectivity index (χ3v) is 13.4. The summed E-state index contributed by atoms with van der Waals surface area (Å²) in [4.78, 5) is 9.11. The van der Waals surface area contributed by atoms with Crippen LogP contribution in [0.2, 0.25) is 23.9 Å². The lowest BCUT2D eigenvalue weighted by Gasteiger charge is -2.37. The Kier molecular flexibility index (Phi) is 8.91. The van der Waals surface area contributed by atoms with Gasteiger partial charge in [-0.3, -0.25) is 0 Å². The fourth-order valence-corrected chi connectivity index (χ4v) is 6.80. The van der Waals surface area contributed by atoms with Crippen LogP contribution < -0.4 is 10.1 Å².